The second-order valence-corrected chi connectivity index (χ2v) is 13.4. The first kappa shape index (κ1) is 34.5. The van der Waals surface area contributed by atoms with Crippen molar-refractivity contribution in [1.29, 1.82) is 0 Å². The molecule has 4 atom stereocenters. The Kier molecular flexibility index (Phi) is 20.3. The van der Waals surface area contributed by atoms with Gasteiger partial charge in [-0.3, -0.25) is 4.79 Å². The second kappa shape index (κ2) is 20.6. The zero-order valence-corrected chi connectivity index (χ0v) is 24.6. The maximum absolute atomic E-state index is 12.1. The number of nitrogens with zero attached hydrogens (tertiary/aromatic N) is 1. The molecule has 0 fully saturated rings. The summed E-state index contributed by atoms with van der Waals surface area (Å²) in [4.78, 5) is 22.9. The van der Waals surface area contributed by atoms with Crippen LogP contribution < -0.4 is 4.89 Å². The normalized spacial score (nSPS) is 16.4. The maximum Gasteiger partial charge on any atom is 0.293 e. The lowest BCUT2D eigenvalue weighted by Crippen LogP contribution is -2.38. The van der Waals surface area contributed by atoms with Crippen molar-refractivity contribution in [3.8, 4) is 0 Å². The SMILES string of the molecule is CCCCCCCCCCCCC(C)CC(C)COCC(COP(=O)([O-])CC[N+](C)(C)C)OC=O. The Balaban J connectivity index is 3.95. The second-order valence-electron chi connectivity index (χ2n) is 11.5. The first-order chi connectivity index (χ1) is 16.5. The van der Waals surface area contributed by atoms with Crippen molar-refractivity contribution >= 4 is 14.1 Å². The molecule has 7 nitrogen and oxygen atoms in total. The van der Waals surface area contributed by atoms with Crippen LogP contribution in [-0.2, 0) is 23.4 Å². The fourth-order valence-corrected chi connectivity index (χ4v) is 5.51. The van der Waals surface area contributed by atoms with E-state index in [1.807, 2.05) is 21.1 Å². The van der Waals surface area contributed by atoms with Crippen LogP contribution in [0.25, 0.3) is 0 Å². The molecule has 0 heterocycles. The molecule has 0 amide bonds. The number of rotatable bonds is 25. The van der Waals surface area contributed by atoms with Crippen molar-refractivity contribution in [1.82, 2.24) is 0 Å². The average molecular weight is 522 g/mol. The van der Waals surface area contributed by atoms with Crippen molar-refractivity contribution in [2.45, 2.75) is 104 Å². The van der Waals surface area contributed by atoms with Gasteiger partial charge in [-0.15, -0.1) is 0 Å². The molecule has 0 aliphatic heterocycles. The summed E-state index contributed by atoms with van der Waals surface area (Å²) < 4.78 is 28.4. The molecule has 0 rings (SSSR count). The summed E-state index contributed by atoms with van der Waals surface area (Å²) in [5.74, 6) is 1.04. The third-order valence-electron chi connectivity index (χ3n) is 6.31. The predicted octanol–water partition coefficient (Wildman–Crippen LogP) is 5.79. The van der Waals surface area contributed by atoms with Crippen molar-refractivity contribution in [2.24, 2.45) is 11.8 Å². The molecule has 0 radical (unpaired) electrons. The van der Waals surface area contributed by atoms with Crippen molar-refractivity contribution in [3.63, 3.8) is 0 Å². The molecule has 0 aliphatic rings. The van der Waals surface area contributed by atoms with E-state index in [1.165, 1.54) is 70.6 Å². The highest BCUT2D eigenvalue weighted by atomic mass is 31.2. The highest BCUT2D eigenvalue weighted by Gasteiger charge is 2.19. The van der Waals surface area contributed by atoms with E-state index >= 15 is 0 Å². The third-order valence-corrected chi connectivity index (χ3v) is 7.60. The third kappa shape index (κ3) is 23.7. The van der Waals surface area contributed by atoms with Gasteiger partial charge in [0.05, 0.1) is 47.1 Å². The van der Waals surface area contributed by atoms with Gasteiger partial charge in [-0.05, 0) is 18.3 Å². The van der Waals surface area contributed by atoms with Crippen LogP contribution >= 0.6 is 7.60 Å². The zero-order valence-electron chi connectivity index (χ0n) is 23.7. The number of unbranched alkanes of at least 4 members (excludes halogenated alkanes) is 9. The largest absolute Gasteiger partial charge is 0.778 e. The van der Waals surface area contributed by atoms with E-state index in [4.69, 9.17) is 14.0 Å². The van der Waals surface area contributed by atoms with Crippen LogP contribution in [0.5, 0.6) is 0 Å². The monoisotopic (exact) mass is 521 g/mol. The van der Waals surface area contributed by atoms with Gasteiger partial charge in [0.2, 0.25) is 0 Å². The Hall–Kier alpha value is -0.460. The molecule has 4 unspecified atom stereocenters. The maximum atomic E-state index is 12.1. The Morgan fingerprint density at radius 1 is 0.857 bits per heavy atom. The van der Waals surface area contributed by atoms with E-state index in [9.17, 15) is 14.3 Å². The molecule has 0 aromatic carbocycles. The van der Waals surface area contributed by atoms with Gasteiger partial charge < -0.3 is 27.9 Å². The molecule has 35 heavy (non-hydrogen) atoms. The van der Waals surface area contributed by atoms with E-state index in [1.54, 1.807) is 0 Å². The topological polar surface area (TPSA) is 84.9 Å². The summed E-state index contributed by atoms with van der Waals surface area (Å²) in [5.41, 5.74) is 0. The van der Waals surface area contributed by atoms with Gasteiger partial charge in [0.15, 0.2) is 0 Å². The first-order valence-electron chi connectivity index (χ1n) is 13.9. The standard InChI is InChI=1S/C27H56NO6P/c1-7-8-9-10-11-12-13-14-15-16-17-25(2)20-26(3)21-32-22-27(33-24-29)23-34-35(30,31)19-18-28(4,5)6/h24-27H,7-23H2,1-6H3. The molecule has 0 aliphatic carbocycles. The number of carbonyl (C=O) groups excluding carboxylic acids is 1. The van der Waals surface area contributed by atoms with Crippen LogP contribution in [0.15, 0.2) is 0 Å². The number of quaternary nitrogens is 1. The molecule has 0 saturated carbocycles. The van der Waals surface area contributed by atoms with E-state index in [-0.39, 0.29) is 19.4 Å². The van der Waals surface area contributed by atoms with E-state index in [0.717, 1.165) is 6.42 Å². The van der Waals surface area contributed by atoms with Gasteiger partial charge >= 0.3 is 0 Å². The summed E-state index contributed by atoms with van der Waals surface area (Å²) in [5, 5.41) is 0. The van der Waals surface area contributed by atoms with E-state index in [0.29, 0.717) is 35.9 Å². The molecule has 210 valence electrons. The van der Waals surface area contributed by atoms with Gasteiger partial charge in [-0.25, -0.2) is 0 Å². The number of carbonyl (C=O) groups is 1. The summed E-state index contributed by atoms with van der Waals surface area (Å²) in [6.07, 6.45) is 15.2. The minimum absolute atomic E-state index is 0.0564. The van der Waals surface area contributed by atoms with Crippen LogP contribution in [0, 0.1) is 11.8 Å². The van der Waals surface area contributed by atoms with Crippen LogP contribution in [-0.4, -0.2) is 70.7 Å². The van der Waals surface area contributed by atoms with Gasteiger partial charge in [0.25, 0.3) is 6.47 Å². The minimum atomic E-state index is -3.98. The lowest BCUT2D eigenvalue weighted by atomic mass is 9.93. The smallest absolute Gasteiger partial charge is 0.293 e. The van der Waals surface area contributed by atoms with Crippen LogP contribution in [0.3, 0.4) is 0 Å². The summed E-state index contributed by atoms with van der Waals surface area (Å²) in [6.45, 7) is 7.97. The van der Waals surface area contributed by atoms with Gasteiger partial charge in [0.1, 0.15) is 13.7 Å². The molecule has 0 aromatic rings. The van der Waals surface area contributed by atoms with Crippen molar-refractivity contribution in [2.75, 3.05) is 53.7 Å². The molecular formula is C27H56NO6P. The Labute approximate surface area is 216 Å². The quantitative estimate of drug-likeness (QED) is 0.0654. The molecule has 0 saturated heterocycles. The molecule has 8 heteroatoms. The van der Waals surface area contributed by atoms with Gasteiger partial charge in [-0.1, -0.05) is 91.4 Å². The summed E-state index contributed by atoms with van der Waals surface area (Å²) >= 11 is 0. The fraction of sp³-hybridized carbons (Fsp3) is 0.963. The Bertz CT molecular complexity index is 554. The first-order valence-corrected chi connectivity index (χ1v) is 15.6. The summed E-state index contributed by atoms with van der Waals surface area (Å²) in [6, 6.07) is 0. The molecule has 0 spiro atoms. The Morgan fingerprint density at radius 2 is 1.43 bits per heavy atom. The molecule has 0 aromatic heterocycles. The highest BCUT2D eigenvalue weighted by molar-refractivity contribution is 7.51. The summed E-state index contributed by atoms with van der Waals surface area (Å²) in [7, 11) is 1.79. The number of hydrogen-bond acceptors (Lipinski definition) is 6. The van der Waals surface area contributed by atoms with Crippen LogP contribution in [0.1, 0.15) is 97.8 Å². The molecule has 0 N–H and O–H groups in total. The fourth-order valence-electron chi connectivity index (χ4n) is 4.14. The average Bonchev–Trinajstić information content (AvgIpc) is 2.77. The zero-order chi connectivity index (χ0) is 26.6. The lowest BCUT2D eigenvalue weighted by Gasteiger charge is -2.30. The minimum Gasteiger partial charge on any atom is -0.778 e. The van der Waals surface area contributed by atoms with Crippen LogP contribution in [0.4, 0.5) is 0 Å². The molecular weight excluding hydrogens is 465 g/mol. The number of ether oxygens (including phenoxy) is 2. The van der Waals surface area contributed by atoms with Gasteiger partial charge in [-0.2, -0.15) is 0 Å². The van der Waals surface area contributed by atoms with Gasteiger partial charge in [0, 0.05) is 6.61 Å². The number of hydrogen-bond donors (Lipinski definition) is 0. The lowest BCUT2D eigenvalue weighted by molar-refractivity contribution is -0.868. The van der Waals surface area contributed by atoms with E-state index < -0.39 is 13.7 Å². The Morgan fingerprint density at radius 3 is 1.97 bits per heavy atom. The highest BCUT2D eigenvalue weighted by Crippen LogP contribution is 2.37. The van der Waals surface area contributed by atoms with Crippen molar-refractivity contribution < 1.29 is 32.7 Å². The van der Waals surface area contributed by atoms with Crippen molar-refractivity contribution in [3.05, 3.63) is 0 Å². The van der Waals surface area contributed by atoms with E-state index in [2.05, 4.69) is 20.8 Å². The van der Waals surface area contributed by atoms with Crippen LogP contribution in [0.2, 0.25) is 0 Å². The predicted molar refractivity (Wildman–Crippen MR) is 142 cm³/mol. The molecule has 0 bridgehead atoms.